The summed E-state index contributed by atoms with van der Waals surface area (Å²) in [5.41, 5.74) is 3.12. The molecule has 4 rings (SSSR count). The first kappa shape index (κ1) is 17.7. The zero-order chi connectivity index (χ0) is 19.3. The van der Waals surface area contributed by atoms with Gasteiger partial charge in [0.15, 0.2) is 5.82 Å². The predicted octanol–water partition coefficient (Wildman–Crippen LogP) is 5.16. The fraction of sp³-hybridized carbons (Fsp3) is 0.136. The van der Waals surface area contributed by atoms with E-state index in [1.54, 1.807) is 0 Å². The number of aromatic nitrogens is 3. The Kier molecular flexibility index (Phi) is 5.01. The van der Waals surface area contributed by atoms with Crippen LogP contribution >= 0.6 is 0 Å². The van der Waals surface area contributed by atoms with Gasteiger partial charge in [-0.25, -0.2) is 4.98 Å². The van der Waals surface area contributed by atoms with Gasteiger partial charge in [-0.15, -0.1) is 0 Å². The van der Waals surface area contributed by atoms with Crippen LogP contribution in [-0.4, -0.2) is 15.1 Å². The van der Waals surface area contributed by atoms with Crippen molar-refractivity contribution in [2.75, 3.05) is 10.2 Å². The monoisotopic (exact) mass is 371 g/mol. The second-order valence-corrected chi connectivity index (χ2v) is 6.55. The number of hydrogen-bond acceptors (Lipinski definition) is 6. The van der Waals surface area contributed by atoms with E-state index in [-0.39, 0.29) is 0 Å². The Labute approximate surface area is 163 Å². The summed E-state index contributed by atoms with van der Waals surface area (Å²) in [4.78, 5) is 11.4. The molecule has 0 saturated heterocycles. The lowest BCUT2D eigenvalue weighted by Crippen LogP contribution is -2.18. The van der Waals surface area contributed by atoms with Gasteiger partial charge in [0.1, 0.15) is 11.6 Å². The normalized spacial score (nSPS) is 10.6. The molecule has 6 heteroatoms. The fourth-order valence-corrected chi connectivity index (χ4v) is 2.96. The maximum atomic E-state index is 5.11. The van der Waals surface area contributed by atoms with E-state index in [0.29, 0.717) is 18.3 Å². The number of aryl methyl sites for hydroxylation is 2. The number of para-hydroxylation sites is 1. The average Bonchev–Trinajstić information content (AvgIpc) is 3.11. The van der Waals surface area contributed by atoms with Crippen molar-refractivity contribution >= 4 is 23.3 Å². The van der Waals surface area contributed by atoms with E-state index in [4.69, 9.17) is 9.51 Å². The molecule has 2 aromatic heterocycles. The van der Waals surface area contributed by atoms with E-state index in [2.05, 4.69) is 44.6 Å². The summed E-state index contributed by atoms with van der Waals surface area (Å²) in [6.45, 7) is 4.50. The molecule has 6 nitrogen and oxygen atoms in total. The standard InChI is InChI=1S/C22H21N5O/c1-16-13-21(25-22(23-16)24-20-14-17(2)28-26-20)27(19-11-7-4-8-12-19)15-18-9-5-3-6-10-18/h3-14H,15H2,1-2H3,(H,23,24,25,26). The summed E-state index contributed by atoms with van der Waals surface area (Å²) >= 11 is 0. The maximum absolute atomic E-state index is 5.11. The molecule has 0 aliphatic carbocycles. The fourth-order valence-electron chi connectivity index (χ4n) is 2.96. The lowest BCUT2D eigenvalue weighted by molar-refractivity contribution is 0.400. The lowest BCUT2D eigenvalue weighted by Gasteiger charge is -2.24. The van der Waals surface area contributed by atoms with Gasteiger partial charge in [-0.3, -0.25) is 0 Å². The van der Waals surface area contributed by atoms with E-state index < -0.39 is 0 Å². The Morgan fingerprint density at radius 1 is 0.893 bits per heavy atom. The number of hydrogen-bond donors (Lipinski definition) is 1. The molecule has 0 radical (unpaired) electrons. The Bertz CT molecular complexity index is 1050. The molecule has 0 bridgehead atoms. The number of rotatable bonds is 6. The molecule has 0 amide bonds. The van der Waals surface area contributed by atoms with Crippen molar-refractivity contribution in [2.24, 2.45) is 0 Å². The molecular formula is C22H21N5O. The molecule has 4 aromatic rings. The smallest absolute Gasteiger partial charge is 0.230 e. The molecule has 0 spiro atoms. The summed E-state index contributed by atoms with van der Waals surface area (Å²) in [5, 5.41) is 7.08. The van der Waals surface area contributed by atoms with Gasteiger partial charge in [-0.2, -0.15) is 4.98 Å². The van der Waals surface area contributed by atoms with Crippen molar-refractivity contribution in [2.45, 2.75) is 20.4 Å². The molecule has 0 aliphatic heterocycles. The lowest BCUT2D eigenvalue weighted by atomic mass is 10.2. The minimum absolute atomic E-state index is 0.484. The molecule has 28 heavy (non-hydrogen) atoms. The van der Waals surface area contributed by atoms with Gasteiger partial charge in [0.25, 0.3) is 0 Å². The zero-order valence-corrected chi connectivity index (χ0v) is 15.8. The number of anilines is 4. The van der Waals surface area contributed by atoms with E-state index >= 15 is 0 Å². The van der Waals surface area contributed by atoms with Crippen molar-refractivity contribution in [1.29, 1.82) is 0 Å². The first-order valence-corrected chi connectivity index (χ1v) is 9.10. The van der Waals surface area contributed by atoms with Gasteiger partial charge >= 0.3 is 0 Å². The SMILES string of the molecule is Cc1cc(N(Cc2ccccc2)c2ccccc2)nc(Nc2cc(C)on2)n1. The maximum Gasteiger partial charge on any atom is 0.230 e. The highest BCUT2D eigenvalue weighted by atomic mass is 16.5. The van der Waals surface area contributed by atoms with Crippen LogP contribution in [-0.2, 0) is 6.54 Å². The average molecular weight is 371 g/mol. The second kappa shape index (κ2) is 7.92. The molecule has 1 N–H and O–H groups in total. The molecule has 0 aliphatic rings. The van der Waals surface area contributed by atoms with Crippen LogP contribution in [0.3, 0.4) is 0 Å². The molecule has 2 aromatic carbocycles. The van der Waals surface area contributed by atoms with E-state index in [9.17, 15) is 0 Å². The summed E-state index contributed by atoms with van der Waals surface area (Å²) in [6, 6.07) is 24.3. The summed E-state index contributed by atoms with van der Waals surface area (Å²) in [6.07, 6.45) is 0. The highest BCUT2D eigenvalue weighted by Gasteiger charge is 2.14. The second-order valence-electron chi connectivity index (χ2n) is 6.55. The van der Waals surface area contributed by atoms with Gasteiger partial charge in [-0.05, 0) is 31.5 Å². The van der Waals surface area contributed by atoms with Crippen LogP contribution in [0.25, 0.3) is 0 Å². The van der Waals surface area contributed by atoms with Crippen LogP contribution < -0.4 is 10.2 Å². The van der Waals surface area contributed by atoms with Gasteiger partial charge in [-0.1, -0.05) is 53.7 Å². The van der Waals surface area contributed by atoms with Crippen molar-refractivity contribution < 1.29 is 4.52 Å². The van der Waals surface area contributed by atoms with Crippen LogP contribution in [0.2, 0.25) is 0 Å². The van der Waals surface area contributed by atoms with E-state index in [1.165, 1.54) is 5.56 Å². The third kappa shape index (κ3) is 4.17. The van der Waals surface area contributed by atoms with Crippen molar-refractivity contribution in [3.8, 4) is 0 Å². The Balaban J connectivity index is 1.71. The molecule has 0 fully saturated rings. The van der Waals surface area contributed by atoms with Crippen molar-refractivity contribution in [3.05, 3.63) is 89.8 Å². The zero-order valence-electron chi connectivity index (χ0n) is 15.8. The third-order valence-corrected chi connectivity index (χ3v) is 4.24. The van der Waals surface area contributed by atoms with Gasteiger partial charge in [0.05, 0.1) is 0 Å². The van der Waals surface area contributed by atoms with Crippen LogP contribution in [0.5, 0.6) is 0 Å². The van der Waals surface area contributed by atoms with Crippen LogP contribution in [0, 0.1) is 13.8 Å². The van der Waals surface area contributed by atoms with Gasteiger partial charge in [0, 0.05) is 30.1 Å². The molecule has 0 atom stereocenters. The van der Waals surface area contributed by atoms with Crippen LogP contribution in [0.4, 0.5) is 23.3 Å². The van der Waals surface area contributed by atoms with E-state index in [1.807, 2.05) is 62.4 Å². The quantitative estimate of drug-likeness (QED) is 0.505. The van der Waals surface area contributed by atoms with Gasteiger partial charge < -0.3 is 14.7 Å². The first-order valence-electron chi connectivity index (χ1n) is 9.10. The Hall–Kier alpha value is -3.67. The summed E-state index contributed by atoms with van der Waals surface area (Å²) < 4.78 is 5.11. The first-order chi connectivity index (χ1) is 13.7. The Morgan fingerprint density at radius 2 is 1.61 bits per heavy atom. The highest BCUT2D eigenvalue weighted by molar-refractivity contribution is 5.62. The predicted molar refractivity (Wildman–Crippen MR) is 110 cm³/mol. The third-order valence-electron chi connectivity index (χ3n) is 4.24. The van der Waals surface area contributed by atoms with Crippen molar-refractivity contribution in [3.63, 3.8) is 0 Å². The van der Waals surface area contributed by atoms with Gasteiger partial charge in [0.2, 0.25) is 5.95 Å². The molecule has 2 heterocycles. The topological polar surface area (TPSA) is 67.1 Å². The van der Waals surface area contributed by atoms with Crippen molar-refractivity contribution in [1.82, 2.24) is 15.1 Å². The summed E-state index contributed by atoms with van der Waals surface area (Å²) in [5.74, 6) is 2.61. The summed E-state index contributed by atoms with van der Waals surface area (Å²) in [7, 11) is 0. The molecule has 0 saturated carbocycles. The Morgan fingerprint density at radius 3 is 2.29 bits per heavy atom. The van der Waals surface area contributed by atoms with Crippen LogP contribution in [0.1, 0.15) is 17.0 Å². The molecule has 140 valence electrons. The molecule has 0 unspecified atom stereocenters. The number of nitrogens with zero attached hydrogens (tertiary/aromatic N) is 4. The van der Waals surface area contributed by atoms with Crippen LogP contribution in [0.15, 0.2) is 77.3 Å². The minimum atomic E-state index is 0.484. The number of benzene rings is 2. The minimum Gasteiger partial charge on any atom is -0.360 e. The number of nitrogens with one attached hydrogen (secondary N) is 1. The molecular weight excluding hydrogens is 350 g/mol. The van der Waals surface area contributed by atoms with E-state index in [0.717, 1.165) is 23.0 Å². The highest BCUT2D eigenvalue weighted by Crippen LogP contribution is 2.27. The largest absolute Gasteiger partial charge is 0.360 e.